The molecule has 2 rings (SSSR count). The lowest BCUT2D eigenvalue weighted by molar-refractivity contribution is -0.298. The van der Waals surface area contributed by atoms with Gasteiger partial charge in [0, 0.05) is 26.2 Å². The smallest absolute Gasteiger partial charge is 0.332 e. The van der Waals surface area contributed by atoms with E-state index in [0.29, 0.717) is 26.2 Å². The van der Waals surface area contributed by atoms with Crippen molar-refractivity contribution in [3.63, 3.8) is 0 Å². The summed E-state index contributed by atoms with van der Waals surface area (Å²) in [7, 11) is 0. The summed E-state index contributed by atoms with van der Waals surface area (Å²) in [5, 5.41) is 6.43. The molecule has 21 heavy (non-hydrogen) atoms. The second-order valence-corrected chi connectivity index (χ2v) is 5.29. The molecule has 0 radical (unpaired) electrons. The summed E-state index contributed by atoms with van der Waals surface area (Å²) in [4.78, 5) is 5.18. The molecule has 10 heteroatoms. The van der Waals surface area contributed by atoms with Crippen LogP contribution in [0.2, 0.25) is 0 Å². The van der Waals surface area contributed by atoms with Gasteiger partial charge in [0.1, 0.15) is 0 Å². The average Bonchev–Trinajstić information content (AvgIpc) is 2.89. The molecule has 1 aromatic rings. The number of hydrogen-bond acceptors (Lipinski definition) is 5. The molecular formula is C11H15F5N4O. The van der Waals surface area contributed by atoms with E-state index < -0.39 is 23.5 Å². The lowest BCUT2D eigenvalue weighted by Gasteiger charge is -2.38. The molecule has 1 saturated heterocycles. The number of alkyl halides is 5. The van der Waals surface area contributed by atoms with E-state index >= 15 is 0 Å². The van der Waals surface area contributed by atoms with E-state index in [1.165, 1.54) is 0 Å². The molecule has 0 amide bonds. The molecule has 120 valence electrons. The SMILES string of the molecule is CC(C)(c1noc(C(F)(F)C(F)(F)F)n1)N1CCNCC1. The molecule has 0 atom stereocenters. The Bertz CT molecular complexity index is 493. The lowest BCUT2D eigenvalue weighted by atomic mass is 10.0. The Morgan fingerprint density at radius 2 is 1.67 bits per heavy atom. The summed E-state index contributed by atoms with van der Waals surface area (Å²) in [6, 6.07) is 0. The fraction of sp³-hybridized carbons (Fsp3) is 0.818. The largest absolute Gasteiger partial charge is 0.463 e. The predicted molar refractivity (Wildman–Crippen MR) is 61.7 cm³/mol. The normalized spacial score (nSPS) is 19.0. The number of halogens is 5. The lowest BCUT2D eigenvalue weighted by Crippen LogP contribution is -2.52. The standard InChI is InChI=1S/C11H15F5N4O/c1-9(2,20-5-3-17-4-6-20)7-18-8(21-19-7)10(12,13)11(14,15)16/h17H,3-6H2,1-2H3. The van der Waals surface area contributed by atoms with Crippen molar-refractivity contribution in [2.45, 2.75) is 31.5 Å². The maximum atomic E-state index is 13.2. The van der Waals surface area contributed by atoms with Crippen LogP contribution in [0.3, 0.4) is 0 Å². The van der Waals surface area contributed by atoms with Gasteiger partial charge in [-0.25, -0.2) is 0 Å². The van der Waals surface area contributed by atoms with E-state index in [1.807, 2.05) is 4.90 Å². The van der Waals surface area contributed by atoms with Crippen molar-refractivity contribution < 1.29 is 26.5 Å². The highest BCUT2D eigenvalue weighted by Crippen LogP contribution is 2.43. The van der Waals surface area contributed by atoms with Gasteiger partial charge in [0.05, 0.1) is 5.54 Å². The molecule has 0 spiro atoms. The zero-order chi connectivity index (χ0) is 15.9. The van der Waals surface area contributed by atoms with Crippen LogP contribution in [0, 0.1) is 0 Å². The maximum absolute atomic E-state index is 13.2. The Morgan fingerprint density at radius 3 is 2.19 bits per heavy atom. The monoisotopic (exact) mass is 314 g/mol. The van der Waals surface area contributed by atoms with E-state index in [0.717, 1.165) is 0 Å². The van der Waals surface area contributed by atoms with Crippen molar-refractivity contribution in [1.82, 2.24) is 20.4 Å². The van der Waals surface area contributed by atoms with Crippen LogP contribution in [-0.2, 0) is 11.5 Å². The molecule has 1 aromatic heterocycles. The van der Waals surface area contributed by atoms with Crippen LogP contribution < -0.4 is 5.32 Å². The van der Waals surface area contributed by atoms with Crippen molar-refractivity contribution in [2.24, 2.45) is 0 Å². The zero-order valence-corrected chi connectivity index (χ0v) is 11.5. The van der Waals surface area contributed by atoms with Gasteiger partial charge < -0.3 is 9.84 Å². The van der Waals surface area contributed by atoms with Gasteiger partial charge in [0.25, 0.3) is 0 Å². The van der Waals surface area contributed by atoms with Crippen LogP contribution in [0.25, 0.3) is 0 Å². The van der Waals surface area contributed by atoms with Gasteiger partial charge in [-0.05, 0) is 13.8 Å². The highest BCUT2D eigenvalue weighted by atomic mass is 19.4. The Balaban J connectivity index is 2.26. The summed E-state index contributed by atoms with van der Waals surface area (Å²) < 4.78 is 67.3. The fourth-order valence-electron chi connectivity index (χ4n) is 2.09. The van der Waals surface area contributed by atoms with Crippen molar-refractivity contribution in [3.8, 4) is 0 Å². The van der Waals surface area contributed by atoms with Crippen molar-refractivity contribution in [2.75, 3.05) is 26.2 Å². The molecule has 2 heterocycles. The fourth-order valence-corrected chi connectivity index (χ4v) is 2.09. The summed E-state index contributed by atoms with van der Waals surface area (Å²) in [5.41, 5.74) is -0.897. The van der Waals surface area contributed by atoms with Crippen LogP contribution in [0.15, 0.2) is 4.52 Å². The first-order valence-electron chi connectivity index (χ1n) is 6.32. The van der Waals surface area contributed by atoms with Gasteiger partial charge in [0.15, 0.2) is 5.82 Å². The third-order valence-electron chi connectivity index (χ3n) is 3.51. The average molecular weight is 314 g/mol. The van der Waals surface area contributed by atoms with Crippen molar-refractivity contribution in [1.29, 1.82) is 0 Å². The Labute approximate surface area is 117 Å². The van der Waals surface area contributed by atoms with Gasteiger partial charge in [-0.3, -0.25) is 4.90 Å². The summed E-state index contributed by atoms with van der Waals surface area (Å²) >= 11 is 0. The molecule has 1 N–H and O–H groups in total. The number of rotatable bonds is 3. The van der Waals surface area contributed by atoms with E-state index in [4.69, 9.17) is 0 Å². The second kappa shape index (κ2) is 5.16. The van der Waals surface area contributed by atoms with E-state index in [2.05, 4.69) is 20.0 Å². The van der Waals surface area contributed by atoms with E-state index in [1.54, 1.807) is 13.8 Å². The molecule has 0 aromatic carbocycles. The van der Waals surface area contributed by atoms with E-state index in [-0.39, 0.29) is 5.82 Å². The highest BCUT2D eigenvalue weighted by Gasteiger charge is 2.63. The Kier molecular flexibility index (Phi) is 3.96. The molecule has 1 aliphatic heterocycles. The van der Waals surface area contributed by atoms with Crippen molar-refractivity contribution >= 4 is 0 Å². The van der Waals surface area contributed by atoms with Gasteiger partial charge in [0.2, 0.25) is 0 Å². The number of aromatic nitrogens is 2. The first-order valence-corrected chi connectivity index (χ1v) is 6.32. The molecule has 0 aliphatic carbocycles. The first kappa shape index (κ1) is 16.1. The molecule has 0 unspecified atom stereocenters. The number of nitrogens with one attached hydrogen (secondary N) is 1. The quantitative estimate of drug-likeness (QED) is 0.863. The van der Waals surface area contributed by atoms with Gasteiger partial charge >= 0.3 is 18.0 Å². The minimum Gasteiger partial charge on any atom is -0.332 e. The number of piperazine rings is 1. The van der Waals surface area contributed by atoms with Gasteiger partial charge in [-0.1, -0.05) is 5.16 Å². The first-order chi connectivity index (χ1) is 9.57. The molecule has 0 saturated carbocycles. The van der Waals surface area contributed by atoms with E-state index in [9.17, 15) is 22.0 Å². The van der Waals surface area contributed by atoms with Crippen LogP contribution in [-0.4, -0.2) is 47.4 Å². The summed E-state index contributed by atoms with van der Waals surface area (Å²) in [6.45, 7) is 5.89. The Morgan fingerprint density at radius 1 is 1.10 bits per heavy atom. The Hall–Kier alpha value is -1.29. The minimum atomic E-state index is -5.77. The number of hydrogen-bond donors (Lipinski definition) is 1. The topological polar surface area (TPSA) is 54.2 Å². The van der Waals surface area contributed by atoms with Crippen LogP contribution >= 0.6 is 0 Å². The third-order valence-corrected chi connectivity index (χ3v) is 3.51. The van der Waals surface area contributed by atoms with Gasteiger partial charge in [-0.2, -0.15) is 26.9 Å². The van der Waals surface area contributed by atoms with Crippen LogP contribution in [0.4, 0.5) is 22.0 Å². The predicted octanol–water partition coefficient (Wildman–Crippen LogP) is 1.86. The summed E-state index contributed by atoms with van der Waals surface area (Å²) in [6.07, 6.45) is -5.77. The van der Waals surface area contributed by atoms with Crippen LogP contribution in [0.5, 0.6) is 0 Å². The van der Waals surface area contributed by atoms with Crippen LogP contribution in [0.1, 0.15) is 25.6 Å². The third kappa shape index (κ3) is 2.86. The molecular weight excluding hydrogens is 299 g/mol. The van der Waals surface area contributed by atoms with Crippen molar-refractivity contribution in [3.05, 3.63) is 11.7 Å². The van der Waals surface area contributed by atoms with Gasteiger partial charge in [-0.15, -0.1) is 0 Å². The molecule has 1 aliphatic rings. The molecule has 1 fully saturated rings. The summed E-state index contributed by atoms with van der Waals surface area (Å²) in [5.74, 6) is -7.07. The maximum Gasteiger partial charge on any atom is 0.463 e. The highest BCUT2D eigenvalue weighted by molar-refractivity contribution is 5.06. The molecule has 0 bridgehead atoms. The minimum absolute atomic E-state index is 0.191. The second-order valence-electron chi connectivity index (χ2n) is 5.29. The number of nitrogens with zero attached hydrogens (tertiary/aromatic N) is 3. The zero-order valence-electron chi connectivity index (χ0n) is 11.5. The molecule has 5 nitrogen and oxygen atoms in total.